The van der Waals surface area contributed by atoms with Crippen LogP contribution in [0.25, 0.3) is 0 Å². The zero-order valence-corrected chi connectivity index (χ0v) is 10.7. The monoisotopic (exact) mass is 269 g/mol. The number of nitrogens with two attached hydrogens (primary N) is 1. The van der Waals surface area contributed by atoms with Gasteiger partial charge in [0.2, 0.25) is 0 Å². The Morgan fingerprint density at radius 3 is 2.78 bits per heavy atom. The first-order valence-corrected chi connectivity index (χ1v) is 6.34. The molecule has 0 bridgehead atoms. The van der Waals surface area contributed by atoms with Crippen molar-refractivity contribution in [2.75, 3.05) is 13.2 Å². The van der Waals surface area contributed by atoms with Crippen molar-refractivity contribution in [3.05, 3.63) is 28.8 Å². The normalized spacial score (nSPS) is 16.3. The summed E-state index contributed by atoms with van der Waals surface area (Å²) < 4.78 is 5.61. The van der Waals surface area contributed by atoms with E-state index in [2.05, 4.69) is 0 Å². The first kappa shape index (κ1) is 13.2. The summed E-state index contributed by atoms with van der Waals surface area (Å²) in [6, 6.07) is 5.03. The second kappa shape index (κ2) is 5.59. The highest BCUT2D eigenvalue weighted by Gasteiger charge is 2.23. The molecular weight excluding hydrogens is 254 g/mol. The maximum absolute atomic E-state index is 11.1. The maximum Gasteiger partial charge on any atom is 0.312 e. The van der Waals surface area contributed by atoms with Crippen molar-refractivity contribution >= 4 is 17.6 Å². The van der Waals surface area contributed by atoms with Gasteiger partial charge >= 0.3 is 5.97 Å². The molecule has 1 aliphatic rings. The number of aliphatic carboxylic acids is 1. The van der Waals surface area contributed by atoms with Gasteiger partial charge in [-0.15, -0.1) is 0 Å². The molecule has 1 aliphatic carbocycles. The van der Waals surface area contributed by atoms with Crippen LogP contribution in [0.1, 0.15) is 24.3 Å². The highest BCUT2D eigenvalue weighted by Crippen LogP contribution is 2.31. The van der Waals surface area contributed by atoms with Crippen LogP contribution in [0.2, 0.25) is 5.02 Å². The molecule has 0 saturated heterocycles. The minimum atomic E-state index is -0.951. The van der Waals surface area contributed by atoms with Crippen LogP contribution in [0.4, 0.5) is 0 Å². The number of ether oxygens (including phenoxy) is 1. The van der Waals surface area contributed by atoms with Crippen molar-refractivity contribution in [3.63, 3.8) is 0 Å². The van der Waals surface area contributed by atoms with Gasteiger partial charge in [-0.3, -0.25) is 4.79 Å². The average Bonchev–Trinajstić information content (AvgIpc) is 3.10. The van der Waals surface area contributed by atoms with Gasteiger partial charge in [-0.05, 0) is 42.5 Å². The van der Waals surface area contributed by atoms with Crippen molar-refractivity contribution in [1.82, 2.24) is 0 Å². The summed E-state index contributed by atoms with van der Waals surface area (Å²) in [5.41, 5.74) is 6.06. The second-order valence-corrected chi connectivity index (χ2v) is 5.04. The molecule has 1 aromatic carbocycles. The zero-order valence-electron chi connectivity index (χ0n) is 9.93. The van der Waals surface area contributed by atoms with Gasteiger partial charge in [0, 0.05) is 11.6 Å². The lowest BCUT2D eigenvalue weighted by molar-refractivity contribution is -0.138. The van der Waals surface area contributed by atoms with Crippen molar-refractivity contribution in [3.8, 4) is 5.75 Å². The van der Waals surface area contributed by atoms with E-state index in [-0.39, 0.29) is 6.54 Å². The minimum absolute atomic E-state index is 0.0394. The molecule has 3 N–H and O–H groups in total. The first-order chi connectivity index (χ1) is 8.60. The van der Waals surface area contributed by atoms with Crippen molar-refractivity contribution < 1.29 is 14.6 Å². The maximum atomic E-state index is 11.1. The first-order valence-electron chi connectivity index (χ1n) is 5.96. The van der Waals surface area contributed by atoms with E-state index in [4.69, 9.17) is 27.2 Å². The van der Waals surface area contributed by atoms with Crippen LogP contribution in [-0.2, 0) is 4.79 Å². The van der Waals surface area contributed by atoms with E-state index in [1.54, 1.807) is 18.2 Å². The molecule has 2 rings (SSSR count). The van der Waals surface area contributed by atoms with Crippen LogP contribution in [0, 0.1) is 5.92 Å². The Kier molecular flexibility index (Phi) is 4.09. The molecule has 0 aromatic heterocycles. The lowest BCUT2D eigenvalue weighted by atomic mass is 9.99. The third-order valence-electron chi connectivity index (χ3n) is 3.01. The molecular formula is C13H16ClNO3. The Morgan fingerprint density at radius 1 is 1.50 bits per heavy atom. The number of halogens is 1. The Hall–Kier alpha value is -1.26. The predicted molar refractivity (Wildman–Crippen MR) is 69.1 cm³/mol. The molecule has 1 fully saturated rings. The quantitative estimate of drug-likeness (QED) is 0.831. The predicted octanol–water partition coefficient (Wildman–Crippen LogP) is 2.26. The summed E-state index contributed by atoms with van der Waals surface area (Å²) in [5.74, 6) is -0.443. The largest absolute Gasteiger partial charge is 0.493 e. The fourth-order valence-corrected chi connectivity index (χ4v) is 1.98. The molecule has 5 heteroatoms. The van der Waals surface area contributed by atoms with Gasteiger partial charge < -0.3 is 15.6 Å². The summed E-state index contributed by atoms with van der Waals surface area (Å²) in [7, 11) is 0. The summed E-state index contributed by atoms with van der Waals surface area (Å²) in [6.45, 7) is 0.706. The molecule has 1 unspecified atom stereocenters. The SMILES string of the molecule is NCC(C(=O)O)c1cc(Cl)cc(OCC2CC2)c1. The van der Waals surface area contributed by atoms with Gasteiger partial charge in [0.1, 0.15) is 5.75 Å². The lowest BCUT2D eigenvalue weighted by Gasteiger charge is -2.13. The number of hydrogen-bond donors (Lipinski definition) is 2. The van der Waals surface area contributed by atoms with E-state index in [0.717, 1.165) is 0 Å². The average molecular weight is 270 g/mol. The van der Waals surface area contributed by atoms with Gasteiger partial charge in [0.25, 0.3) is 0 Å². The van der Waals surface area contributed by atoms with E-state index in [9.17, 15) is 4.79 Å². The van der Waals surface area contributed by atoms with Gasteiger partial charge in [0.15, 0.2) is 0 Å². The Morgan fingerprint density at radius 2 is 2.22 bits per heavy atom. The van der Waals surface area contributed by atoms with Crippen LogP contribution < -0.4 is 10.5 Å². The molecule has 0 spiro atoms. The summed E-state index contributed by atoms with van der Waals surface area (Å²) in [4.78, 5) is 11.1. The summed E-state index contributed by atoms with van der Waals surface area (Å²) in [6.07, 6.45) is 2.40. The van der Waals surface area contributed by atoms with Crippen molar-refractivity contribution in [2.24, 2.45) is 11.7 Å². The Balaban J connectivity index is 2.15. The summed E-state index contributed by atoms with van der Waals surface area (Å²) in [5, 5.41) is 9.54. The number of benzene rings is 1. The molecule has 1 saturated carbocycles. The topological polar surface area (TPSA) is 72.6 Å². The highest BCUT2D eigenvalue weighted by atomic mass is 35.5. The van der Waals surface area contributed by atoms with Crippen LogP contribution >= 0.6 is 11.6 Å². The molecule has 18 heavy (non-hydrogen) atoms. The molecule has 1 aromatic rings. The minimum Gasteiger partial charge on any atom is -0.493 e. The van der Waals surface area contributed by atoms with Crippen LogP contribution in [0.5, 0.6) is 5.75 Å². The number of carbonyl (C=O) groups is 1. The number of rotatable bonds is 6. The number of carboxylic acids is 1. The molecule has 1 atom stereocenters. The van der Waals surface area contributed by atoms with E-state index < -0.39 is 11.9 Å². The molecule has 0 aliphatic heterocycles. The standard InChI is InChI=1S/C13H16ClNO3/c14-10-3-9(12(6-15)13(16)17)4-11(5-10)18-7-8-1-2-8/h3-5,8,12H,1-2,6-7,15H2,(H,16,17). The lowest BCUT2D eigenvalue weighted by Crippen LogP contribution is -2.21. The van der Waals surface area contributed by atoms with Crippen LogP contribution in [0.15, 0.2) is 18.2 Å². The number of carboxylic acid groups (broad SMARTS) is 1. The Bertz CT molecular complexity index is 446. The molecule has 0 heterocycles. The van der Waals surface area contributed by atoms with Gasteiger partial charge in [-0.2, -0.15) is 0 Å². The molecule has 98 valence electrons. The van der Waals surface area contributed by atoms with Gasteiger partial charge in [0.05, 0.1) is 12.5 Å². The van der Waals surface area contributed by atoms with E-state index in [0.29, 0.717) is 28.9 Å². The molecule has 4 nitrogen and oxygen atoms in total. The number of hydrogen-bond acceptors (Lipinski definition) is 3. The van der Waals surface area contributed by atoms with Gasteiger partial charge in [-0.25, -0.2) is 0 Å². The van der Waals surface area contributed by atoms with Gasteiger partial charge in [-0.1, -0.05) is 11.6 Å². The van der Waals surface area contributed by atoms with Crippen LogP contribution in [0.3, 0.4) is 0 Å². The van der Waals surface area contributed by atoms with E-state index in [1.807, 2.05) is 0 Å². The zero-order chi connectivity index (χ0) is 13.1. The molecule has 0 amide bonds. The van der Waals surface area contributed by atoms with Crippen molar-refractivity contribution in [2.45, 2.75) is 18.8 Å². The third kappa shape index (κ3) is 3.37. The molecule has 0 radical (unpaired) electrons. The van der Waals surface area contributed by atoms with E-state index in [1.165, 1.54) is 12.8 Å². The fraction of sp³-hybridized carbons (Fsp3) is 0.462. The second-order valence-electron chi connectivity index (χ2n) is 4.60. The van der Waals surface area contributed by atoms with E-state index >= 15 is 0 Å². The Labute approximate surface area is 111 Å². The smallest absolute Gasteiger partial charge is 0.312 e. The van der Waals surface area contributed by atoms with Crippen molar-refractivity contribution in [1.29, 1.82) is 0 Å². The third-order valence-corrected chi connectivity index (χ3v) is 3.23. The summed E-state index contributed by atoms with van der Waals surface area (Å²) >= 11 is 5.97. The fourth-order valence-electron chi connectivity index (χ4n) is 1.75. The highest BCUT2D eigenvalue weighted by molar-refractivity contribution is 6.30. The van der Waals surface area contributed by atoms with Crippen LogP contribution in [-0.4, -0.2) is 24.2 Å².